The third-order valence-corrected chi connectivity index (χ3v) is 3.80. The number of halogens is 1. The highest BCUT2D eigenvalue weighted by atomic mass is 79.9. The Balaban J connectivity index is 2.13. The summed E-state index contributed by atoms with van der Waals surface area (Å²) < 4.78 is 0.966. The standard InChI is InChI=1S/C15H15BrN2O2/c1-3-6-17-15(20)11-8-14(19)18(9-11)13-5-4-12(16)7-10(13)2/h1,4-5,7,11H,6,8-9H2,2H3,(H,17,20)/t11-/m1/s1. The van der Waals surface area contributed by atoms with Gasteiger partial charge in [-0.3, -0.25) is 9.59 Å². The van der Waals surface area contributed by atoms with E-state index in [4.69, 9.17) is 6.42 Å². The minimum absolute atomic E-state index is 0.0312. The average molecular weight is 335 g/mol. The van der Waals surface area contributed by atoms with Crippen molar-refractivity contribution in [1.29, 1.82) is 0 Å². The Kier molecular flexibility index (Phi) is 4.46. The summed E-state index contributed by atoms with van der Waals surface area (Å²) in [5, 5.41) is 2.63. The molecule has 1 N–H and O–H groups in total. The fourth-order valence-corrected chi connectivity index (χ4v) is 2.80. The van der Waals surface area contributed by atoms with Crippen LogP contribution in [-0.2, 0) is 9.59 Å². The van der Waals surface area contributed by atoms with Gasteiger partial charge in [-0.15, -0.1) is 6.42 Å². The molecule has 1 heterocycles. The van der Waals surface area contributed by atoms with Gasteiger partial charge in [-0.05, 0) is 30.7 Å². The monoisotopic (exact) mass is 334 g/mol. The molecule has 4 nitrogen and oxygen atoms in total. The zero-order chi connectivity index (χ0) is 14.7. The van der Waals surface area contributed by atoms with Crippen molar-refractivity contribution < 1.29 is 9.59 Å². The second-order valence-corrected chi connectivity index (χ2v) is 5.67. The lowest BCUT2D eigenvalue weighted by Gasteiger charge is -2.19. The summed E-state index contributed by atoms with van der Waals surface area (Å²) in [7, 11) is 0. The Morgan fingerprint density at radius 1 is 1.60 bits per heavy atom. The van der Waals surface area contributed by atoms with Crippen LogP contribution in [0.15, 0.2) is 22.7 Å². The van der Waals surface area contributed by atoms with E-state index in [0.29, 0.717) is 6.54 Å². The van der Waals surface area contributed by atoms with E-state index < -0.39 is 0 Å². The molecule has 0 spiro atoms. The van der Waals surface area contributed by atoms with Gasteiger partial charge in [0, 0.05) is 23.1 Å². The molecule has 1 aliphatic rings. The highest BCUT2D eigenvalue weighted by molar-refractivity contribution is 9.10. The maximum Gasteiger partial charge on any atom is 0.227 e. The van der Waals surface area contributed by atoms with Crippen molar-refractivity contribution in [1.82, 2.24) is 5.32 Å². The fraction of sp³-hybridized carbons (Fsp3) is 0.333. The molecule has 0 saturated carbocycles. The molecule has 20 heavy (non-hydrogen) atoms. The number of benzene rings is 1. The summed E-state index contributed by atoms with van der Waals surface area (Å²) in [4.78, 5) is 25.6. The smallest absolute Gasteiger partial charge is 0.227 e. The fourth-order valence-electron chi connectivity index (χ4n) is 2.32. The van der Waals surface area contributed by atoms with Crippen LogP contribution in [0, 0.1) is 25.2 Å². The number of carbonyl (C=O) groups is 2. The molecular weight excluding hydrogens is 320 g/mol. The number of hydrogen-bond acceptors (Lipinski definition) is 2. The first kappa shape index (κ1) is 14.6. The molecule has 5 heteroatoms. The molecule has 1 aliphatic heterocycles. The lowest BCUT2D eigenvalue weighted by Crippen LogP contribution is -2.33. The van der Waals surface area contributed by atoms with Crippen molar-refractivity contribution >= 4 is 33.4 Å². The summed E-state index contributed by atoms with van der Waals surface area (Å²) in [6, 6.07) is 5.73. The summed E-state index contributed by atoms with van der Waals surface area (Å²) in [5.74, 6) is 1.83. The first-order valence-corrected chi connectivity index (χ1v) is 7.10. The predicted molar refractivity (Wildman–Crippen MR) is 81.2 cm³/mol. The number of nitrogens with one attached hydrogen (secondary N) is 1. The lowest BCUT2D eigenvalue weighted by molar-refractivity contribution is -0.126. The number of rotatable bonds is 3. The van der Waals surface area contributed by atoms with Gasteiger partial charge in [0.25, 0.3) is 0 Å². The van der Waals surface area contributed by atoms with Crippen LogP contribution in [0.4, 0.5) is 5.69 Å². The Morgan fingerprint density at radius 2 is 2.35 bits per heavy atom. The number of carbonyl (C=O) groups excluding carboxylic acids is 2. The molecule has 0 aromatic heterocycles. The number of terminal acetylenes is 1. The van der Waals surface area contributed by atoms with Gasteiger partial charge in [0.15, 0.2) is 0 Å². The van der Waals surface area contributed by atoms with E-state index in [1.54, 1.807) is 4.90 Å². The third kappa shape index (κ3) is 3.02. The Labute approximate surface area is 126 Å². The molecule has 1 fully saturated rings. The van der Waals surface area contributed by atoms with Crippen molar-refractivity contribution in [2.75, 3.05) is 18.0 Å². The molecule has 2 amide bonds. The molecule has 0 bridgehead atoms. The van der Waals surface area contributed by atoms with Gasteiger partial charge in [-0.25, -0.2) is 0 Å². The highest BCUT2D eigenvalue weighted by Gasteiger charge is 2.35. The van der Waals surface area contributed by atoms with Crippen LogP contribution < -0.4 is 10.2 Å². The van der Waals surface area contributed by atoms with Gasteiger partial charge in [0.2, 0.25) is 11.8 Å². The van der Waals surface area contributed by atoms with E-state index in [-0.39, 0.29) is 30.7 Å². The van der Waals surface area contributed by atoms with Crippen LogP contribution >= 0.6 is 15.9 Å². The second kappa shape index (κ2) is 6.10. The Morgan fingerprint density at radius 3 is 3.00 bits per heavy atom. The summed E-state index contributed by atoms with van der Waals surface area (Å²) in [5.41, 5.74) is 1.85. The van der Waals surface area contributed by atoms with Gasteiger partial charge in [0.05, 0.1) is 12.5 Å². The summed E-state index contributed by atoms with van der Waals surface area (Å²) in [6.07, 6.45) is 5.34. The third-order valence-electron chi connectivity index (χ3n) is 3.31. The molecule has 1 atom stereocenters. The van der Waals surface area contributed by atoms with Crippen LogP contribution in [0.5, 0.6) is 0 Å². The number of nitrogens with zero attached hydrogens (tertiary/aromatic N) is 1. The molecule has 0 aliphatic carbocycles. The second-order valence-electron chi connectivity index (χ2n) is 4.76. The minimum atomic E-state index is -0.334. The highest BCUT2D eigenvalue weighted by Crippen LogP contribution is 2.29. The van der Waals surface area contributed by atoms with Crippen LogP contribution in [-0.4, -0.2) is 24.9 Å². The van der Waals surface area contributed by atoms with Crippen LogP contribution in [0.3, 0.4) is 0 Å². The maximum absolute atomic E-state index is 12.1. The average Bonchev–Trinajstić information content (AvgIpc) is 2.78. The minimum Gasteiger partial charge on any atom is -0.345 e. The van der Waals surface area contributed by atoms with Crippen LogP contribution in [0.2, 0.25) is 0 Å². The number of aryl methyl sites for hydroxylation is 1. The first-order valence-electron chi connectivity index (χ1n) is 6.30. The summed E-state index contributed by atoms with van der Waals surface area (Å²) >= 11 is 3.40. The van der Waals surface area contributed by atoms with Gasteiger partial charge in [0.1, 0.15) is 0 Å². The van der Waals surface area contributed by atoms with E-state index in [1.165, 1.54) is 0 Å². The zero-order valence-electron chi connectivity index (χ0n) is 11.1. The van der Waals surface area contributed by atoms with E-state index in [2.05, 4.69) is 27.2 Å². The van der Waals surface area contributed by atoms with Crippen LogP contribution in [0.25, 0.3) is 0 Å². The molecule has 2 rings (SSSR count). The van der Waals surface area contributed by atoms with E-state index >= 15 is 0 Å². The molecular formula is C15H15BrN2O2. The predicted octanol–water partition coefficient (Wildman–Crippen LogP) is 1.86. The first-order chi connectivity index (χ1) is 9.52. The van der Waals surface area contributed by atoms with Crippen molar-refractivity contribution in [3.63, 3.8) is 0 Å². The van der Waals surface area contributed by atoms with Crippen molar-refractivity contribution in [3.8, 4) is 12.3 Å². The maximum atomic E-state index is 12.1. The van der Waals surface area contributed by atoms with Crippen molar-refractivity contribution in [2.24, 2.45) is 5.92 Å². The number of anilines is 1. The molecule has 1 saturated heterocycles. The van der Waals surface area contributed by atoms with E-state index in [1.807, 2.05) is 25.1 Å². The number of amides is 2. The van der Waals surface area contributed by atoms with E-state index in [0.717, 1.165) is 15.7 Å². The number of hydrogen-bond donors (Lipinski definition) is 1. The molecule has 0 unspecified atom stereocenters. The Bertz CT molecular complexity index is 592. The van der Waals surface area contributed by atoms with E-state index in [9.17, 15) is 9.59 Å². The van der Waals surface area contributed by atoms with Gasteiger partial charge in [-0.2, -0.15) is 0 Å². The Hall–Kier alpha value is -1.80. The van der Waals surface area contributed by atoms with Crippen LogP contribution in [0.1, 0.15) is 12.0 Å². The van der Waals surface area contributed by atoms with Gasteiger partial charge < -0.3 is 10.2 Å². The zero-order valence-corrected chi connectivity index (χ0v) is 12.7. The molecule has 1 aromatic rings. The topological polar surface area (TPSA) is 49.4 Å². The molecule has 1 aromatic carbocycles. The normalized spacial score (nSPS) is 17.9. The van der Waals surface area contributed by atoms with Gasteiger partial charge in [-0.1, -0.05) is 21.9 Å². The summed E-state index contributed by atoms with van der Waals surface area (Å²) in [6.45, 7) is 2.54. The molecule has 104 valence electrons. The largest absolute Gasteiger partial charge is 0.345 e. The SMILES string of the molecule is C#CCNC(=O)[C@@H]1CC(=O)N(c2ccc(Br)cc2C)C1. The molecule has 0 radical (unpaired) electrons. The van der Waals surface area contributed by atoms with Crippen molar-refractivity contribution in [3.05, 3.63) is 28.2 Å². The van der Waals surface area contributed by atoms with Gasteiger partial charge >= 0.3 is 0 Å². The van der Waals surface area contributed by atoms with Crippen molar-refractivity contribution in [2.45, 2.75) is 13.3 Å². The quantitative estimate of drug-likeness (QED) is 0.858. The lowest BCUT2D eigenvalue weighted by atomic mass is 10.1.